The van der Waals surface area contributed by atoms with Crippen LogP contribution in [0.5, 0.6) is 11.5 Å². The number of hydrogen-bond donors (Lipinski definition) is 1. The van der Waals surface area contributed by atoms with E-state index in [9.17, 15) is 25.0 Å². The van der Waals surface area contributed by atoms with Gasteiger partial charge in [0, 0.05) is 17.2 Å². The molecule has 0 unspecified atom stereocenters. The monoisotopic (exact) mass is 575 g/mol. The lowest BCUT2D eigenvalue weighted by Crippen LogP contribution is -2.11. The summed E-state index contributed by atoms with van der Waals surface area (Å²) >= 11 is 9.02. The number of carbonyl (C=O) groups is 1. The number of amides is 1. The van der Waals surface area contributed by atoms with Crippen molar-refractivity contribution in [2.24, 2.45) is 0 Å². The zero-order valence-corrected chi connectivity index (χ0v) is 20.6. The maximum absolute atomic E-state index is 12.7. The van der Waals surface area contributed by atoms with E-state index in [4.69, 9.17) is 20.8 Å². The predicted molar refractivity (Wildman–Crippen MR) is 132 cm³/mol. The van der Waals surface area contributed by atoms with E-state index in [1.54, 1.807) is 25.1 Å². The Morgan fingerprint density at radius 3 is 2.61 bits per heavy atom. The zero-order valence-electron chi connectivity index (χ0n) is 18.3. The van der Waals surface area contributed by atoms with Gasteiger partial charge in [0.2, 0.25) is 0 Å². The number of aromatic nitrogens is 2. The first kappa shape index (κ1) is 24.9. The highest BCUT2D eigenvalue weighted by atomic mass is 79.9. The summed E-state index contributed by atoms with van der Waals surface area (Å²) in [7, 11) is 0. The number of carbonyl (C=O) groups excluding carboxylic acids is 1. The van der Waals surface area contributed by atoms with Crippen LogP contribution in [0, 0.1) is 27.2 Å². The summed E-state index contributed by atoms with van der Waals surface area (Å²) in [6.07, 6.45) is 1.41. The number of aryl methyl sites for hydroxylation is 1. The second-order valence-electron chi connectivity index (χ2n) is 7.46. The van der Waals surface area contributed by atoms with E-state index >= 15 is 0 Å². The fourth-order valence-corrected chi connectivity index (χ4v) is 3.89. The van der Waals surface area contributed by atoms with Gasteiger partial charge in [-0.3, -0.25) is 14.9 Å². The number of nitro benzene ring substituents is 1. The molecule has 0 aliphatic rings. The van der Waals surface area contributed by atoms with Crippen LogP contribution in [0.15, 0.2) is 63.6 Å². The maximum atomic E-state index is 12.7. The minimum atomic E-state index is -0.664. The van der Waals surface area contributed by atoms with Crippen LogP contribution in [0.2, 0.25) is 5.02 Å². The van der Waals surface area contributed by atoms with E-state index in [2.05, 4.69) is 26.3 Å². The molecule has 12 nitrogen and oxygen atoms in total. The van der Waals surface area contributed by atoms with Gasteiger partial charge >= 0.3 is 5.82 Å². The van der Waals surface area contributed by atoms with E-state index in [-0.39, 0.29) is 39.7 Å². The van der Waals surface area contributed by atoms with Crippen molar-refractivity contribution in [1.82, 2.24) is 9.78 Å². The Bertz CT molecular complexity index is 1500. The molecular formula is C22H15BrClN5O7. The minimum absolute atomic E-state index is 0.0367. The van der Waals surface area contributed by atoms with Crippen molar-refractivity contribution in [3.63, 3.8) is 0 Å². The number of anilines is 1. The lowest BCUT2D eigenvalue weighted by molar-refractivity contribution is -0.390. The first-order chi connectivity index (χ1) is 17.1. The first-order valence-electron chi connectivity index (χ1n) is 10.1. The zero-order chi connectivity index (χ0) is 26.0. The summed E-state index contributed by atoms with van der Waals surface area (Å²) in [4.78, 5) is 33.8. The molecule has 4 rings (SSSR count). The third-order valence-corrected chi connectivity index (χ3v) is 5.59. The fourth-order valence-electron chi connectivity index (χ4n) is 3.20. The van der Waals surface area contributed by atoms with Crippen LogP contribution in [0.1, 0.15) is 21.9 Å². The average Bonchev–Trinajstić information content (AvgIpc) is 3.42. The quantitative estimate of drug-likeness (QED) is 0.194. The molecule has 36 heavy (non-hydrogen) atoms. The van der Waals surface area contributed by atoms with Gasteiger partial charge in [0.05, 0.1) is 28.0 Å². The number of nitrogens with zero attached hydrogens (tertiary/aromatic N) is 4. The number of ether oxygens (including phenoxy) is 1. The number of rotatable bonds is 8. The Balaban J connectivity index is 1.52. The Hall–Kier alpha value is -4.23. The summed E-state index contributed by atoms with van der Waals surface area (Å²) in [6, 6.07) is 11.7. The van der Waals surface area contributed by atoms with Crippen LogP contribution in [0.25, 0.3) is 0 Å². The highest BCUT2D eigenvalue weighted by Gasteiger charge is 2.21. The molecule has 0 bridgehead atoms. The molecule has 14 heteroatoms. The number of nitro groups is 2. The summed E-state index contributed by atoms with van der Waals surface area (Å²) in [5.74, 6) is -0.200. The first-order valence-corrected chi connectivity index (χ1v) is 11.3. The number of furan rings is 1. The third kappa shape index (κ3) is 5.70. The lowest BCUT2D eigenvalue weighted by Gasteiger charge is -2.11. The Morgan fingerprint density at radius 1 is 1.17 bits per heavy atom. The van der Waals surface area contributed by atoms with Gasteiger partial charge in [0.25, 0.3) is 11.6 Å². The van der Waals surface area contributed by atoms with E-state index < -0.39 is 15.8 Å². The van der Waals surface area contributed by atoms with Crippen LogP contribution < -0.4 is 10.1 Å². The molecule has 0 spiro atoms. The normalized spacial score (nSPS) is 10.8. The van der Waals surface area contributed by atoms with Crippen molar-refractivity contribution in [1.29, 1.82) is 0 Å². The standard InChI is InChI=1S/C22H15BrClN5O7/c1-12-6-13(24)2-4-19(12)36-17-8-14(7-15(9-17)28(31)32)25-22(30)20-5-3-16(35-20)10-27-11-18(23)21(26-27)29(33)34/h2-9,11H,10H2,1H3,(H,25,30). The Labute approximate surface area is 215 Å². The molecule has 0 fully saturated rings. The maximum Gasteiger partial charge on any atom is 0.404 e. The van der Waals surface area contributed by atoms with Gasteiger partial charge < -0.3 is 24.6 Å². The van der Waals surface area contributed by atoms with Gasteiger partial charge in [0.15, 0.2) is 5.76 Å². The predicted octanol–water partition coefficient (Wildman–Crippen LogP) is 6.11. The SMILES string of the molecule is Cc1cc(Cl)ccc1Oc1cc(NC(=O)c2ccc(Cn3cc(Br)c([N+](=O)[O-])n3)o2)cc([N+](=O)[O-])c1. The van der Waals surface area contributed by atoms with E-state index in [1.165, 1.54) is 41.2 Å². The highest BCUT2D eigenvalue weighted by molar-refractivity contribution is 9.10. The minimum Gasteiger partial charge on any atom is -0.457 e. The summed E-state index contributed by atoms with van der Waals surface area (Å²) in [6.45, 7) is 1.81. The van der Waals surface area contributed by atoms with Crippen LogP contribution >= 0.6 is 27.5 Å². The van der Waals surface area contributed by atoms with Crippen LogP contribution in [0.3, 0.4) is 0 Å². The van der Waals surface area contributed by atoms with Gasteiger partial charge in [-0.1, -0.05) is 11.6 Å². The van der Waals surface area contributed by atoms with Crippen molar-refractivity contribution < 1.29 is 23.8 Å². The van der Waals surface area contributed by atoms with E-state index in [1.807, 2.05) is 0 Å². The lowest BCUT2D eigenvalue weighted by atomic mass is 10.2. The highest BCUT2D eigenvalue weighted by Crippen LogP contribution is 2.32. The average molecular weight is 577 g/mol. The molecule has 184 valence electrons. The number of nitrogens with one attached hydrogen (secondary N) is 1. The summed E-state index contributed by atoms with van der Waals surface area (Å²) in [5.41, 5.74) is 0.540. The molecule has 0 aliphatic carbocycles. The fraction of sp³-hybridized carbons (Fsp3) is 0.0909. The van der Waals surface area contributed by atoms with Crippen molar-refractivity contribution >= 4 is 50.6 Å². The molecule has 0 atom stereocenters. The van der Waals surface area contributed by atoms with Crippen molar-refractivity contribution in [3.05, 3.63) is 102 Å². The second-order valence-corrected chi connectivity index (χ2v) is 8.75. The Morgan fingerprint density at radius 2 is 1.94 bits per heavy atom. The van der Waals surface area contributed by atoms with Gasteiger partial charge in [-0.05, 0) is 63.7 Å². The molecule has 0 radical (unpaired) electrons. The molecule has 2 aromatic carbocycles. The third-order valence-electron chi connectivity index (χ3n) is 4.80. The molecular weight excluding hydrogens is 562 g/mol. The van der Waals surface area contributed by atoms with Crippen molar-refractivity contribution in [2.75, 3.05) is 5.32 Å². The summed E-state index contributed by atoms with van der Waals surface area (Å²) < 4.78 is 12.8. The number of hydrogen-bond acceptors (Lipinski definition) is 8. The smallest absolute Gasteiger partial charge is 0.404 e. The molecule has 0 saturated heterocycles. The molecule has 2 aromatic heterocycles. The molecule has 4 aromatic rings. The molecule has 1 N–H and O–H groups in total. The second kappa shape index (κ2) is 10.2. The number of benzene rings is 2. The van der Waals surface area contributed by atoms with Crippen molar-refractivity contribution in [3.8, 4) is 11.5 Å². The largest absolute Gasteiger partial charge is 0.457 e. The molecule has 1 amide bonds. The van der Waals surface area contributed by atoms with Crippen LogP contribution in [-0.4, -0.2) is 25.5 Å². The molecule has 0 aliphatic heterocycles. The topological polar surface area (TPSA) is 156 Å². The van der Waals surface area contributed by atoms with E-state index in [0.717, 1.165) is 5.56 Å². The van der Waals surface area contributed by atoms with E-state index in [0.29, 0.717) is 16.5 Å². The van der Waals surface area contributed by atoms with Gasteiger partial charge in [-0.25, -0.2) is 0 Å². The van der Waals surface area contributed by atoms with Gasteiger partial charge in [0.1, 0.15) is 28.3 Å². The van der Waals surface area contributed by atoms with Gasteiger partial charge in [-0.2, -0.15) is 4.68 Å². The van der Waals surface area contributed by atoms with Gasteiger partial charge in [-0.15, -0.1) is 0 Å². The number of halogens is 2. The van der Waals surface area contributed by atoms with Crippen molar-refractivity contribution in [2.45, 2.75) is 13.5 Å². The number of non-ortho nitro benzene ring substituents is 1. The summed E-state index contributed by atoms with van der Waals surface area (Å²) in [5, 5.41) is 29.3. The Kier molecular flexibility index (Phi) is 7.03. The van der Waals surface area contributed by atoms with Crippen LogP contribution in [0.4, 0.5) is 17.2 Å². The molecule has 0 saturated carbocycles. The molecule has 2 heterocycles. The van der Waals surface area contributed by atoms with Crippen LogP contribution in [-0.2, 0) is 6.54 Å².